The maximum atomic E-state index is 12.0. The van der Waals surface area contributed by atoms with Crippen LogP contribution in [-0.4, -0.2) is 43.0 Å². The van der Waals surface area contributed by atoms with E-state index >= 15 is 0 Å². The summed E-state index contributed by atoms with van der Waals surface area (Å²) >= 11 is 0. The summed E-state index contributed by atoms with van der Waals surface area (Å²) in [6, 6.07) is 8.57. The van der Waals surface area contributed by atoms with Crippen molar-refractivity contribution < 1.29 is 4.79 Å². The van der Waals surface area contributed by atoms with Crippen LogP contribution in [0.5, 0.6) is 0 Å². The van der Waals surface area contributed by atoms with E-state index in [4.69, 9.17) is 0 Å². The molecule has 19 heavy (non-hydrogen) atoms. The van der Waals surface area contributed by atoms with E-state index in [1.54, 1.807) is 0 Å². The molecule has 0 saturated carbocycles. The van der Waals surface area contributed by atoms with Crippen molar-refractivity contribution in [2.24, 2.45) is 0 Å². The largest absolute Gasteiger partial charge is 0.325 e. The molecule has 0 radical (unpaired) electrons. The molecule has 104 valence electrons. The van der Waals surface area contributed by atoms with Gasteiger partial charge in [0, 0.05) is 24.8 Å². The first-order valence-corrected chi connectivity index (χ1v) is 7.06. The molecule has 1 amide bonds. The van der Waals surface area contributed by atoms with Crippen LogP contribution >= 0.6 is 0 Å². The maximum Gasteiger partial charge on any atom is 0.238 e. The molecule has 0 aliphatic carbocycles. The number of nitrogens with one attached hydrogen (secondary N) is 2. The highest BCUT2D eigenvalue weighted by Crippen LogP contribution is 2.10. The van der Waals surface area contributed by atoms with Crippen LogP contribution in [0.15, 0.2) is 24.3 Å². The molecule has 4 nitrogen and oxygen atoms in total. The van der Waals surface area contributed by atoms with Crippen LogP contribution in [0.4, 0.5) is 5.69 Å². The molecule has 1 fully saturated rings. The van der Waals surface area contributed by atoms with Crippen molar-refractivity contribution in [1.82, 2.24) is 10.2 Å². The van der Waals surface area contributed by atoms with Gasteiger partial charge in [-0.1, -0.05) is 26.0 Å². The SMILES string of the molecule is CCc1ccc(NC(=O)CN(CC)C2CNC2)cc1. The highest BCUT2D eigenvalue weighted by Gasteiger charge is 2.24. The van der Waals surface area contributed by atoms with Gasteiger partial charge in [-0.05, 0) is 30.7 Å². The first kappa shape index (κ1) is 14.0. The van der Waals surface area contributed by atoms with Gasteiger partial charge in [0.25, 0.3) is 0 Å². The summed E-state index contributed by atoms with van der Waals surface area (Å²) in [6.07, 6.45) is 1.02. The monoisotopic (exact) mass is 261 g/mol. The number of carbonyl (C=O) groups excluding carboxylic acids is 1. The third kappa shape index (κ3) is 3.78. The Morgan fingerprint density at radius 2 is 2.00 bits per heavy atom. The summed E-state index contributed by atoms with van der Waals surface area (Å²) in [5.41, 5.74) is 2.17. The molecular formula is C15H23N3O. The van der Waals surface area contributed by atoms with E-state index in [9.17, 15) is 4.79 Å². The van der Waals surface area contributed by atoms with E-state index in [-0.39, 0.29) is 5.91 Å². The Kier molecular flexibility index (Phi) is 4.93. The van der Waals surface area contributed by atoms with E-state index in [1.165, 1.54) is 5.56 Å². The van der Waals surface area contributed by atoms with E-state index in [0.29, 0.717) is 12.6 Å². The quantitative estimate of drug-likeness (QED) is 0.815. The molecule has 1 aromatic carbocycles. The van der Waals surface area contributed by atoms with E-state index in [2.05, 4.69) is 41.5 Å². The lowest BCUT2D eigenvalue weighted by atomic mass is 10.1. The topological polar surface area (TPSA) is 44.4 Å². The summed E-state index contributed by atoms with van der Waals surface area (Å²) < 4.78 is 0. The third-order valence-corrected chi connectivity index (χ3v) is 3.68. The van der Waals surface area contributed by atoms with Crippen LogP contribution in [-0.2, 0) is 11.2 Å². The molecule has 1 aromatic rings. The molecule has 1 saturated heterocycles. The predicted molar refractivity (Wildman–Crippen MR) is 78.4 cm³/mol. The number of aryl methyl sites for hydroxylation is 1. The highest BCUT2D eigenvalue weighted by atomic mass is 16.2. The summed E-state index contributed by atoms with van der Waals surface area (Å²) in [4.78, 5) is 14.2. The minimum absolute atomic E-state index is 0.0676. The Labute approximate surface area is 115 Å². The molecule has 4 heteroatoms. The van der Waals surface area contributed by atoms with Gasteiger partial charge >= 0.3 is 0 Å². The van der Waals surface area contributed by atoms with Crippen molar-refractivity contribution in [3.8, 4) is 0 Å². The van der Waals surface area contributed by atoms with Crippen molar-refractivity contribution in [3.63, 3.8) is 0 Å². The summed E-state index contributed by atoms with van der Waals surface area (Å²) in [5, 5.41) is 6.20. The van der Waals surface area contributed by atoms with Crippen molar-refractivity contribution in [3.05, 3.63) is 29.8 Å². The standard InChI is InChI=1S/C15H23N3O/c1-3-12-5-7-13(8-6-12)17-15(19)11-18(4-2)14-9-16-10-14/h5-8,14,16H,3-4,9-11H2,1-2H3,(H,17,19). The first-order chi connectivity index (χ1) is 9.22. The fourth-order valence-electron chi connectivity index (χ4n) is 2.24. The van der Waals surface area contributed by atoms with Gasteiger partial charge in [0.05, 0.1) is 6.54 Å². The number of carbonyl (C=O) groups is 1. The Balaban J connectivity index is 1.85. The van der Waals surface area contributed by atoms with Gasteiger partial charge in [-0.2, -0.15) is 0 Å². The number of rotatable bonds is 6. The van der Waals surface area contributed by atoms with Crippen molar-refractivity contribution in [1.29, 1.82) is 0 Å². The van der Waals surface area contributed by atoms with Gasteiger partial charge in [-0.25, -0.2) is 0 Å². The zero-order chi connectivity index (χ0) is 13.7. The Bertz CT molecular complexity index is 412. The lowest BCUT2D eigenvalue weighted by Gasteiger charge is -2.37. The fraction of sp³-hybridized carbons (Fsp3) is 0.533. The highest BCUT2D eigenvalue weighted by molar-refractivity contribution is 5.92. The molecule has 2 N–H and O–H groups in total. The van der Waals surface area contributed by atoms with Crippen LogP contribution in [0.3, 0.4) is 0 Å². The van der Waals surface area contributed by atoms with E-state index in [1.807, 2.05) is 12.1 Å². The van der Waals surface area contributed by atoms with Gasteiger partial charge in [-0.3, -0.25) is 9.69 Å². The zero-order valence-electron chi connectivity index (χ0n) is 11.8. The maximum absolute atomic E-state index is 12.0. The van der Waals surface area contributed by atoms with Crippen molar-refractivity contribution in [2.45, 2.75) is 26.3 Å². The molecule has 0 bridgehead atoms. The Hall–Kier alpha value is -1.39. The van der Waals surface area contributed by atoms with Gasteiger partial charge in [0.1, 0.15) is 0 Å². The molecule has 0 spiro atoms. The molecule has 0 unspecified atom stereocenters. The minimum atomic E-state index is 0.0676. The number of hydrogen-bond acceptors (Lipinski definition) is 3. The van der Waals surface area contributed by atoms with Crippen molar-refractivity contribution >= 4 is 11.6 Å². The van der Waals surface area contributed by atoms with Crippen LogP contribution in [0.2, 0.25) is 0 Å². The van der Waals surface area contributed by atoms with E-state index < -0.39 is 0 Å². The van der Waals surface area contributed by atoms with Crippen LogP contribution in [0, 0.1) is 0 Å². The smallest absolute Gasteiger partial charge is 0.238 e. The second-order valence-electron chi connectivity index (χ2n) is 4.97. The average Bonchev–Trinajstić information content (AvgIpc) is 2.36. The van der Waals surface area contributed by atoms with Gasteiger partial charge in [-0.15, -0.1) is 0 Å². The van der Waals surface area contributed by atoms with E-state index in [0.717, 1.165) is 31.7 Å². The molecule has 1 aliphatic heterocycles. The molecule has 0 atom stereocenters. The second-order valence-corrected chi connectivity index (χ2v) is 4.97. The molecular weight excluding hydrogens is 238 g/mol. The van der Waals surface area contributed by atoms with Gasteiger partial charge < -0.3 is 10.6 Å². The second kappa shape index (κ2) is 6.68. The minimum Gasteiger partial charge on any atom is -0.325 e. The number of nitrogens with zero attached hydrogens (tertiary/aromatic N) is 1. The molecule has 1 heterocycles. The summed E-state index contributed by atoms with van der Waals surface area (Å²) in [7, 11) is 0. The summed E-state index contributed by atoms with van der Waals surface area (Å²) in [6.45, 7) is 7.59. The molecule has 1 aliphatic rings. The molecule has 0 aromatic heterocycles. The molecule has 2 rings (SSSR count). The predicted octanol–water partition coefficient (Wildman–Crippen LogP) is 1.48. The number of likely N-dealkylation sites (N-methyl/N-ethyl adjacent to an activating group) is 1. The van der Waals surface area contributed by atoms with Gasteiger partial charge in [0.15, 0.2) is 0 Å². The lowest BCUT2D eigenvalue weighted by molar-refractivity contribution is -0.118. The fourth-order valence-corrected chi connectivity index (χ4v) is 2.24. The number of amides is 1. The average molecular weight is 261 g/mol. The Morgan fingerprint density at radius 1 is 1.32 bits per heavy atom. The van der Waals surface area contributed by atoms with Crippen LogP contribution < -0.4 is 10.6 Å². The van der Waals surface area contributed by atoms with Crippen molar-refractivity contribution in [2.75, 3.05) is 31.5 Å². The number of hydrogen-bond donors (Lipinski definition) is 2. The summed E-state index contributed by atoms with van der Waals surface area (Å²) in [5.74, 6) is 0.0676. The third-order valence-electron chi connectivity index (χ3n) is 3.68. The Morgan fingerprint density at radius 3 is 2.47 bits per heavy atom. The van der Waals surface area contributed by atoms with Crippen LogP contribution in [0.1, 0.15) is 19.4 Å². The number of anilines is 1. The zero-order valence-corrected chi connectivity index (χ0v) is 11.8. The number of benzene rings is 1. The normalized spacial score (nSPS) is 15.3. The lowest BCUT2D eigenvalue weighted by Crippen LogP contribution is -2.58. The van der Waals surface area contributed by atoms with Crippen LogP contribution in [0.25, 0.3) is 0 Å². The van der Waals surface area contributed by atoms with Gasteiger partial charge in [0.2, 0.25) is 5.91 Å². The first-order valence-electron chi connectivity index (χ1n) is 7.06.